The van der Waals surface area contributed by atoms with Crippen molar-refractivity contribution in [1.29, 1.82) is 0 Å². The summed E-state index contributed by atoms with van der Waals surface area (Å²) in [5.41, 5.74) is -1.68. The van der Waals surface area contributed by atoms with E-state index in [2.05, 4.69) is 0 Å². The fourth-order valence-electron chi connectivity index (χ4n) is 2.38. The topological polar surface area (TPSA) is 58.9 Å². The number of fused-ring (bicyclic) bond motifs is 1. The Hall–Kier alpha value is -0.0951. The van der Waals surface area contributed by atoms with E-state index in [-0.39, 0.29) is 18.7 Å². The zero-order valence-corrected chi connectivity index (χ0v) is 7.99. The first kappa shape index (κ1) is 9.46. The molecule has 2 rings (SSSR count). The minimum atomic E-state index is -0.947. The standard InChI is InChI=1S/C8H15BO4/c1-2-12-5-6(9)13-7(4-10)3-8(5,7)11/h5-6,10-11H,2-4,9H2,1H3/t5-,6+,7+,8-/m0/s1. The van der Waals surface area contributed by atoms with E-state index in [0.717, 1.165) is 0 Å². The Kier molecular flexibility index (Phi) is 1.96. The Morgan fingerprint density at radius 3 is 2.85 bits per heavy atom. The van der Waals surface area contributed by atoms with Crippen molar-refractivity contribution in [3.05, 3.63) is 0 Å². The van der Waals surface area contributed by atoms with E-state index in [1.807, 2.05) is 14.8 Å². The van der Waals surface area contributed by atoms with Gasteiger partial charge in [0, 0.05) is 13.0 Å². The lowest BCUT2D eigenvalue weighted by atomic mass is 9.91. The number of rotatable bonds is 3. The summed E-state index contributed by atoms with van der Waals surface area (Å²) in [6.07, 6.45) is 0.204. The molecule has 1 saturated heterocycles. The van der Waals surface area contributed by atoms with Gasteiger partial charge in [-0.25, -0.2) is 0 Å². The highest BCUT2D eigenvalue weighted by Gasteiger charge is 2.78. The summed E-state index contributed by atoms with van der Waals surface area (Å²) < 4.78 is 10.9. The normalized spacial score (nSPS) is 53.5. The average molecular weight is 186 g/mol. The molecule has 1 heterocycles. The molecule has 5 heteroatoms. The summed E-state index contributed by atoms with van der Waals surface area (Å²) >= 11 is 0. The molecule has 0 amide bonds. The van der Waals surface area contributed by atoms with Gasteiger partial charge >= 0.3 is 0 Å². The molecule has 0 spiro atoms. The predicted molar refractivity (Wildman–Crippen MR) is 48.2 cm³/mol. The zero-order valence-electron chi connectivity index (χ0n) is 7.99. The number of aliphatic hydroxyl groups excluding tert-OH is 1. The third-order valence-electron chi connectivity index (χ3n) is 3.13. The SMILES string of the molecule is B[C@@H]1O[C@@]2(CO)C[C@]2(O)[C@H]1OCC. The molecule has 74 valence electrons. The van der Waals surface area contributed by atoms with E-state index in [4.69, 9.17) is 14.6 Å². The van der Waals surface area contributed by atoms with Crippen molar-refractivity contribution in [2.24, 2.45) is 0 Å². The van der Waals surface area contributed by atoms with Crippen molar-refractivity contribution in [2.75, 3.05) is 13.2 Å². The lowest BCUT2D eigenvalue weighted by molar-refractivity contribution is -0.0478. The van der Waals surface area contributed by atoms with Crippen LogP contribution in [0.15, 0.2) is 0 Å². The molecule has 0 aromatic heterocycles. The third kappa shape index (κ3) is 1.02. The van der Waals surface area contributed by atoms with Crippen LogP contribution in [0, 0.1) is 0 Å². The first-order valence-electron chi connectivity index (χ1n) is 4.72. The van der Waals surface area contributed by atoms with Gasteiger partial charge in [0.05, 0.1) is 12.6 Å². The van der Waals surface area contributed by atoms with Crippen LogP contribution >= 0.6 is 0 Å². The maximum absolute atomic E-state index is 10.1. The largest absolute Gasteiger partial charge is 0.393 e. The molecule has 4 nitrogen and oxygen atoms in total. The van der Waals surface area contributed by atoms with E-state index in [1.54, 1.807) is 0 Å². The lowest BCUT2D eigenvalue weighted by Crippen LogP contribution is -2.38. The van der Waals surface area contributed by atoms with Gasteiger partial charge in [-0.2, -0.15) is 0 Å². The Morgan fingerprint density at radius 2 is 2.38 bits per heavy atom. The molecule has 0 unspecified atom stereocenters. The second kappa shape index (κ2) is 2.70. The van der Waals surface area contributed by atoms with E-state index >= 15 is 0 Å². The first-order chi connectivity index (χ1) is 6.09. The Balaban J connectivity index is 2.14. The van der Waals surface area contributed by atoms with Crippen LogP contribution in [-0.2, 0) is 9.47 Å². The van der Waals surface area contributed by atoms with Gasteiger partial charge in [0.25, 0.3) is 0 Å². The van der Waals surface area contributed by atoms with Crippen LogP contribution in [0.2, 0.25) is 0 Å². The zero-order chi connectivity index (χ0) is 9.69. The number of hydrogen-bond donors (Lipinski definition) is 2. The van der Waals surface area contributed by atoms with Crippen LogP contribution < -0.4 is 0 Å². The molecular formula is C8H15BO4. The second-order valence-corrected chi connectivity index (χ2v) is 3.95. The van der Waals surface area contributed by atoms with Crippen molar-refractivity contribution >= 4 is 7.85 Å². The molecular weight excluding hydrogens is 171 g/mol. The monoisotopic (exact) mass is 186 g/mol. The molecule has 1 saturated carbocycles. The van der Waals surface area contributed by atoms with Crippen LogP contribution in [-0.4, -0.2) is 54.6 Å². The summed E-state index contributed by atoms with van der Waals surface area (Å²) in [4.78, 5) is 0. The van der Waals surface area contributed by atoms with Gasteiger partial charge < -0.3 is 19.7 Å². The Bertz CT molecular complexity index is 224. The van der Waals surface area contributed by atoms with Crippen LogP contribution in [0.1, 0.15) is 13.3 Å². The van der Waals surface area contributed by atoms with Crippen LogP contribution in [0.4, 0.5) is 0 Å². The lowest BCUT2D eigenvalue weighted by Gasteiger charge is -2.20. The predicted octanol–water partition coefficient (Wildman–Crippen LogP) is -1.75. The van der Waals surface area contributed by atoms with Gasteiger partial charge in [-0.05, 0) is 6.92 Å². The van der Waals surface area contributed by atoms with Crippen molar-refractivity contribution in [1.82, 2.24) is 0 Å². The van der Waals surface area contributed by atoms with Crippen molar-refractivity contribution in [3.63, 3.8) is 0 Å². The molecule has 0 radical (unpaired) electrons. The fraction of sp³-hybridized carbons (Fsp3) is 1.00. The molecule has 4 atom stereocenters. The highest BCUT2D eigenvalue weighted by atomic mass is 16.6. The van der Waals surface area contributed by atoms with E-state index in [9.17, 15) is 5.11 Å². The maximum Gasteiger partial charge on any atom is 0.142 e. The third-order valence-corrected chi connectivity index (χ3v) is 3.13. The molecule has 1 aliphatic heterocycles. The fourth-order valence-corrected chi connectivity index (χ4v) is 2.38. The highest BCUT2D eigenvalue weighted by molar-refractivity contribution is 6.12. The highest BCUT2D eigenvalue weighted by Crippen LogP contribution is 2.59. The van der Waals surface area contributed by atoms with Gasteiger partial charge in [-0.1, -0.05) is 0 Å². The van der Waals surface area contributed by atoms with Gasteiger partial charge in [0.1, 0.15) is 25.2 Å². The summed E-state index contributed by atoms with van der Waals surface area (Å²) in [5.74, 6) is 0. The Morgan fingerprint density at radius 1 is 1.69 bits per heavy atom. The summed E-state index contributed by atoms with van der Waals surface area (Å²) in [7, 11) is 1.86. The number of hydrogen-bond acceptors (Lipinski definition) is 4. The van der Waals surface area contributed by atoms with E-state index in [0.29, 0.717) is 13.0 Å². The number of aliphatic hydroxyl groups is 2. The van der Waals surface area contributed by atoms with E-state index in [1.165, 1.54) is 0 Å². The number of ether oxygens (including phenoxy) is 2. The quantitative estimate of drug-likeness (QED) is 0.513. The molecule has 2 fully saturated rings. The molecule has 2 aliphatic rings. The van der Waals surface area contributed by atoms with Gasteiger partial charge in [-0.3, -0.25) is 0 Å². The molecule has 13 heavy (non-hydrogen) atoms. The van der Waals surface area contributed by atoms with Crippen LogP contribution in [0.25, 0.3) is 0 Å². The van der Waals surface area contributed by atoms with Crippen molar-refractivity contribution in [2.45, 2.75) is 36.7 Å². The molecule has 1 aliphatic carbocycles. The Labute approximate surface area is 78.2 Å². The van der Waals surface area contributed by atoms with Gasteiger partial charge in [-0.15, -0.1) is 0 Å². The summed E-state index contributed by atoms with van der Waals surface area (Å²) in [5, 5.41) is 19.2. The maximum atomic E-state index is 10.1. The van der Waals surface area contributed by atoms with Gasteiger partial charge in [0.2, 0.25) is 0 Å². The average Bonchev–Trinajstić information content (AvgIpc) is 2.62. The molecule has 2 N–H and O–H groups in total. The van der Waals surface area contributed by atoms with Crippen molar-refractivity contribution in [3.8, 4) is 0 Å². The molecule has 0 bridgehead atoms. The second-order valence-electron chi connectivity index (χ2n) is 3.95. The van der Waals surface area contributed by atoms with E-state index < -0.39 is 11.2 Å². The first-order valence-corrected chi connectivity index (χ1v) is 4.72. The molecule has 0 aromatic rings. The van der Waals surface area contributed by atoms with Gasteiger partial charge in [0.15, 0.2) is 0 Å². The van der Waals surface area contributed by atoms with Crippen molar-refractivity contribution < 1.29 is 19.7 Å². The minimum absolute atomic E-state index is 0.128. The van der Waals surface area contributed by atoms with Crippen LogP contribution in [0.5, 0.6) is 0 Å². The summed E-state index contributed by atoms with van der Waals surface area (Å²) in [6, 6.07) is -0.133. The molecule has 0 aromatic carbocycles. The minimum Gasteiger partial charge on any atom is -0.393 e. The van der Waals surface area contributed by atoms with Crippen LogP contribution in [0.3, 0.4) is 0 Å². The smallest absolute Gasteiger partial charge is 0.142 e. The summed E-state index contributed by atoms with van der Waals surface area (Å²) in [6.45, 7) is 2.32.